The summed E-state index contributed by atoms with van der Waals surface area (Å²) >= 11 is 0. The van der Waals surface area contributed by atoms with Crippen molar-refractivity contribution in [3.05, 3.63) is 29.6 Å². The summed E-state index contributed by atoms with van der Waals surface area (Å²) in [4.78, 5) is 4.39. The molecule has 0 spiro atoms. The van der Waals surface area contributed by atoms with Crippen molar-refractivity contribution < 1.29 is 0 Å². The van der Waals surface area contributed by atoms with Crippen LogP contribution in [0.4, 0.5) is 0 Å². The molecule has 2 N–H and O–H groups in total. The minimum absolute atomic E-state index is 0.271. The molecule has 0 aromatic carbocycles. The molecule has 0 bridgehead atoms. The van der Waals surface area contributed by atoms with Gasteiger partial charge in [0.2, 0.25) is 0 Å². The van der Waals surface area contributed by atoms with E-state index in [0.29, 0.717) is 0 Å². The number of aromatic nitrogens is 1. The van der Waals surface area contributed by atoms with E-state index in [1.165, 1.54) is 0 Å². The fourth-order valence-electron chi connectivity index (χ4n) is 1.11. The van der Waals surface area contributed by atoms with Gasteiger partial charge in [0, 0.05) is 17.4 Å². The predicted molar refractivity (Wildman–Crippen MR) is 50.9 cm³/mol. The van der Waals surface area contributed by atoms with Crippen LogP contribution in [-0.2, 0) is 6.42 Å². The molecule has 1 rings (SSSR count). The molecule has 0 unspecified atom stereocenters. The molecule has 12 heavy (non-hydrogen) atoms. The van der Waals surface area contributed by atoms with Crippen molar-refractivity contribution >= 4 is 0 Å². The molecule has 1 atom stereocenters. The molecular weight excluding hydrogens is 148 g/mol. The maximum atomic E-state index is 5.65. The molecule has 0 aliphatic rings. The number of pyridine rings is 1. The van der Waals surface area contributed by atoms with Crippen LogP contribution in [0.3, 0.4) is 0 Å². The van der Waals surface area contributed by atoms with Crippen molar-refractivity contribution in [2.45, 2.75) is 32.7 Å². The fraction of sp³-hybridized carbons (Fsp3) is 0.500. The van der Waals surface area contributed by atoms with Gasteiger partial charge >= 0.3 is 0 Å². The summed E-state index contributed by atoms with van der Waals surface area (Å²) in [6.45, 7) is 4.03. The topological polar surface area (TPSA) is 38.9 Å². The summed E-state index contributed by atoms with van der Waals surface area (Å²) in [6.07, 6.45) is 2.00. The standard InChI is InChI=1S/C10H16N2/c1-8(11)6-7-10-5-3-4-9(2)12-10/h3-5,8H,6-7,11H2,1-2H3/t8-/m1/s1. The number of nitrogens with two attached hydrogens (primary N) is 1. The highest BCUT2D eigenvalue weighted by Crippen LogP contribution is 2.02. The number of nitrogens with zero attached hydrogens (tertiary/aromatic N) is 1. The van der Waals surface area contributed by atoms with E-state index in [4.69, 9.17) is 5.73 Å². The molecule has 1 aromatic rings. The lowest BCUT2D eigenvalue weighted by atomic mass is 10.1. The fourth-order valence-corrected chi connectivity index (χ4v) is 1.11. The van der Waals surface area contributed by atoms with Gasteiger partial charge in [0.1, 0.15) is 0 Å². The van der Waals surface area contributed by atoms with Gasteiger partial charge < -0.3 is 5.73 Å². The van der Waals surface area contributed by atoms with Crippen LogP contribution < -0.4 is 5.73 Å². The lowest BCUT2D eigenvalue weighted by Crippen LogP contribution is -2.15. The summed E-state index contributed by atoms with van der Waals surface area (Å²) < 4.78 is 0. The SMILES string of the molecule is Cc1cccc(CC[C@@H](C)N)n1. The van der Waals surface area contributed by atoms with E-state index in [2.05, 4.69) is 11.1 Å². The molecule has 2 nitrogen and oxygen atoms in total. The Morgan fingerprint density at radius 2 is 2.25 bits per heavy atom. The highest BCUT2D eigenvalue weighted by Gasteiger charge is 1.97. The summed E-state index contributed by atoms with van der Waals surface area (Å²) in [6, 6.07) is 6.37. The average Bonchev–Trinajstić information content (AvgIpc) is 2.01. The molecule has 2 heteroatoms. The van der Waals surface area contributed by atoms with E-state index in [1.54, 1.807) is 0 Å². The Balaban J connectivity index is 2.52. The largest absolute Gasteiger partial charge is 0.328 e. The van der Waals surface area contributed by atoms with Gasteiger partial charge in [-0.05, 0) is 38.8 Å². The summed E-state index contributed by atoms with van der Waals surface area (Å²) in [7, 11) is 0. The van der Waals surface area contributed by atoms with Crippen LogP contribution in [0.15, 0.2) is 18.2 Å². The zero-order chi connectivity index (χ0) is 8.97. The molecule has 0 saturated heterocycles. The first-order chi connectivity index (χ1) is 5.68. The van der Waals surface area contributed by atoms with Crippen LogP contribution in [0.1, 0.15) is 24.7 Å². The maximum Gasteiger partial charge on any atom is 0.0407 e. The van der Waals surface area contributed by atoms with Gasteiger partial charge in [-0.25, -0.2) is 0 Å². The molecule has 0 radical (unpaired) electrons. The van der Waals surface area contributed by atoms with Crippen LogP contribution >= 0.6 is 0 Å². The summed E-state index contributed by atoms with van der Waals surface area (Å²) in [5.74, 6) is 0. The highest BCUT2D eigenvalue weighted by molar-refractivity contribution is 5.09. The number of aryl methyl sites for hydroxylation is 2. The number of hydrogen-bond acceptors (Lipinski definition) is 2. The number of hydrogen-bond donors (Lipinski definition) is 1. The smallest absolute Gasteiger partial charge is 0.0407 e. The highest BCUT2D eigenvalue weighted by atomic mass is 14.7. The molecule has 66 valence electrons. The maximum absolute atomic E-state index is 5.65. The monoisotopic (exact) mass is 164 g/mol. The van der Waals surface area contributed by atoms with Gasteiger partial charge in [-0.2, -0.15) is 0 Å². The van der Waals surface area contributed by atoms with Crippen molar-refractivity contribution in [1.29, 1.82) is 0 Å². The van der Waals surface area contributed by atoms with E-state index < -0.39 is 0 Å². The van der Waals surface area contributed by atoms with Gasteiger partial charge in [0.05, 0.1) is 0 Å². The van der Waals surface area contributed by atoms with Gasteiger partial charge in [-0.3, -0.25) is 4.98 Å². The predicted octanol–water partition coefficient (Wildman–Crippen LogP) is 1.67. The lowest BCUT2D eigenvalue weighted by molar-refractivity contribution is 0.657. The zero-order valence-corrected chi connectivity index (χ0v) is 7.75. The Hall–Kier alpha value is -0.890. The van der Waals surface area contributed by atoms with Crippen molar-refractivity contribution in [2.24, 2.45) is 5.73 Å². The second kappa shape index (κ2) is 4.21. The first-order valence-corrected chi connectivity index (χ1v) is 4.36. The molecule has 0 amide bonds. The third-order valence-corrected chi connectivity index (χ3v) is 1.80. The van der Waals surface area contributed by atoms with E-state index in [-0.39, 0.29) is 6.04 Å². The third kappa shape index (κ3) is 3.01. The minimum atomic E-state index is 0.271. The van der Waals surface area contributed by atoms with E-state index >= 15 is 0 Å². The average molecular weight is 164 g/mol. The van der Waals surface area contributed by atoms with Gasteiger partial charge in [-0.1, -0.05) is 6.07 Å². The van der Waals surface area contributed by atoms with Crippen LogP contribution in [-0.4, -0.2) is 11.0 Å². The molecule has 1 heterocycles. The van der Waals surface area contributed by atoms with Crippen LogP contribution in [0.2, 0.25) is 0 Å². The van der Waals surface area contributed by atoms with Crippen LogP contribution in [0.5, 0.6) is 0 Å². The van der Waals surface area contributed by atoms with Crippen molar-refractivity contribution in [3.8, 4) is 0 Å². The Kier molecular flexibility index (Phi) is 3.23. The quantitative estimate of drug-likeness (QED) is 0.738. The summed E-state index contributed by atoms with van der Waals surface area (Å²) in [5.41, 5.74) is 7.88. The normalized spacial score (nSPS) is 12.9. The van der Waals surface area contributed by atoms with Crippen molar-refractivity contribution in [3.63, 3.8) is 0 Å². The third-order valence-electron chi connectivity index (χ3n) is 1.80. The van der Waals surface area contributed by atoms with Crippen molar-refractivity contribution in [2.75, 3.05) is 0 Å². The van der Waals surface area contributed by atoms with E-state index in [1.807, 2.05) is 26.0 Å². The Labute approximate surface area is 73.8 Å². The van der Waals surface area contributed by atoms with Crippen molar-refractivity contribution in [1.82, 2.24) is 4.98 Å². The van der Waals surface area contributed by atoms with Crippen LogP contribution in [0.25, 0.3) is 0 Å². The summed E-state index contributed by atoms with van der Waals surface area (Å²) in [5, 5.41) is 0. The molecule has 0 saturated carbocycles. The second-order valence-corrected chi connectivity index (χ2v) is 3.29. The Morgan fingerprint density at radius 3 is 2.83 bits per heavy atom. The van der Waals surface area contributed by atoms with E-state index in [0.717, 1.165) is 24.2 Å². The van der Waals surface area contributed by atoms with Gasteiger partial charge in [0.25, 0.3) is 0 Å². The first kappa shape index (κ1) is 9.20. The van der Waals surface area contributed by atoms with E-state index in [9.17, 15) is 0 Å². The first-order valence-electron chi connectivity index (χ1n) is 4.36. The minimum Gasteiger partial charge on any atom is -0.328 e. The molecule has 0 aliphatic carbocycles. The molecule has 0 aliphatic heterocycles. The van der Waals surface area contributed by atoms with Gasteiger partial charge in [-0.15, -0.1) is 0 Å². The molecule has 0 fully saturated rings. The lowest BCUT2D eigenvalue weighted by Gasteiger charge is -2.04. The number of rotatable bonds is 3. The zero-order valence-electron chi connectivity index (χ0n) is 7.75. The second-order valence-electron chi connectivity index (χ2n) is 3.29. The molecular formula is C10H16N2. The van der Waals surface area contributed by atoms with Gasteiger partial charge in [0.15, 0.2) is 0 Å². The Bertz CT molecular complexity index is 243. The molecule has 1 aromatic heterocycles. The Morgan fingerprint density at radius 1 is 1.50 bits per heavy atom. The van der Waals surface area contributed by atoms with Crippen LogP contribution in [0, 0.1) is 6.92 Å².